The summed E-state index contributed by atoms with van der Waals surface area (Å²) in [4.78, 5) is 26.0. The van der Waals surface area contributed by atoms with Crippen molar-refractivity contribution in [1.29, 1.82) is 0 Å². The highest BCUT2D eigenvalue weighted by Crippen LogP contribution is 2.08. The van der Waals surface area contributed by atoms with Crippen LogP contribution in [0.15, 0.2) is 29.1 Å². The minimum atomic E-state index is -0.576. The molecule has 0 atom stereocenters. The molecule has 0 spiro atoms. The Hall–Kier alpha value is -2.11. The van der Waals surface area contributed by atoms with Crippen LogP contribution in [0.4, 0.5) is 0 Å². The van der Waals surface area contributed by atoms with Gasteiger partial charge in [0.25, 0.3) is 0 Å². The summed E-state index contributed by atoms with van der Waals surface area (Å²) in [6.07, 6.45) is 5.63. The Kier molecular flexibility index (Phi) is 7.96. The largest absolute Gasteiger partial charge is 0.480 e. The van der Waals surface area contributed by atoms with Crippen LogP contribution >= 0.6 is 0 Å². The summed E-state index contributed by atoms with van der Waals surface area (Å²) in [5.74, 6) is -0.725. The molecule has 0 aliphatic rings. The number of rotatable bonds is 6. The average Bonchev–Trinajstić information content (AvgIpc) is 2.33. The van der Waals surface area contributed by atoms with Gasteiger partial charge < -0.3 is 14.2 Å². The minimum Gasteiger partial charge on any atom is -0.480 e. The van der Waals surface area contributed by atoms with Crippen LogP contribution < -0.4 is 0 Å². The first kappa shape index (κ1) is 17.9. The van der Waals surface area contributed by atoms with Crippen molar-refractivity contribution in [1.82, 2.24) is 0 Å². The number of hydrogen-bond donors (Lipinski definition) is 0. The molecule has 0 unspecified atom stereocenters. The smallest absolute Gasteiger partial charge is 0.349 e. The third-order valence-electron chi connectivity index (χ3n) is 1.69. The van der Waals surface area contributed by atoms with Gasteiger partial charge in [-0.3, -0.25) is 4.99 Å². The molecule has 0 amide bonds. The molecule has 0 aliphatic heterocycles. The first-order chi connectivity index (χ1) is 9.28. The van der Waals surface area contributed by atoms with E-state index in [1.165, 1.54) is 13.3 Å². The van der Waals surface area contributed by atoms with E-state index in [0.717, 1.165) is 6.21 Å². The van der Waals surface area contributed by atoms with Crippen molar-refractivity contribution in [2.24, 2.45) is 4.99 Å². The van der Waals surface area contributed by atoms with Gasteiger partial charge in [-0.1, -0.05) is 6.08 Å². The molecule has 6 nitrogen and oxygen atoms in total. The van der Waals surface area contributed by atoms with E-state index >= 15 is 0 Å². The summed E-state index contributed by atoms with van der Waals surface area (Å²) in [5, 5.41) is 0. The summed E-state index contributed by atoms with van der Waals surface area (Å²) >= 11 is 0. The highest BCUT2D eigenvalue weighted by atomic mass is 16.6. The summed E-state index contributed by atoms with van der Waals surface area (Å²) in [6, 6.07) is 0. The Labute approximate surface area is 119 Å². The molecule has 0 aromatic rings. The van der Waals surface area contributed by atoms with Gasteiger partial charge in [0.2, 0.25) is 0 Å². The second kappa shape index (κ2) is 8.90. The van der Waals surface area contributed by atoms with Crippen LogP contribution in [-0.4, -0.2) is 37.5 Å². The van der Waals surface area contributed by atoms with Crippen molar-refractivity contribution in [2.75, 3.05) is 13.7 Å². The summed E-state index contributed by atoms with van der Waals surface area (Å²) < 4.78 is 14.7. The van der Waals surface area contributed by atoms with Crippen molar-refractivity contribution in [3.63, 3.8) is 0 Å². The molecule has 0 bridgehead atoms. The summed E-state index contributed by atoms with van der Waals surface area (Å²) in [6.45, 7) is 6.87. The van der Waals surface area contributed by atoms with Gasteiger partial charge in [0.15, 0.2) is 6.61 Å². The average molecular weight is 283 g/mol. The molecule has 0 heterocycles. The van der Waals surface area contributed by atoms with E-state index in [1.807, 2.05) is 0 Å². The van der Waals surface area contributed by atoms with Gasteiger partial charge >= 0.3 is 11.9 Å². The van der Waals surface area contributed by atoms with Crippen LogP contribution in [0, 0.1) is 0 Å². The number of nitrogens with zero attached hydrogens (tertiary/aromatic N) is 1. The zero-order valence-electron chi connectivity index (χ0n) is 12.5. The standard InChI is InChI=1S/C14H21NO5/c1-6-7-11(8-15-9-12(16)18-5)19-10-13(17)20-14(2,3)4/h6-9H,10H2,1-5H3/b7-6-,11-8+,15-9?. The highest BCUT2D eigenvalue weighted by Gasteiger charge is 2.16. The second-order valence-corrected chi connectivity index (χ2v) is 4.71. The van der Waals surface area contributed by atoms with Gasteiger partial charge in [-0.15, -0.1) is 0 Å². The Bertz CT molecular complexity index is 416. The number of hydrogen-bond acceptors (Lipinski definition) is 6. The maximum Gasteiger partial charge on any atom is 0.349 e. The number of allylic oxidation sites excluding steroid dienone is 2. The van der Waals surface area contributed by atoms with Crippen LogP contribution in [0.3, 0.4) is 0 Å². The normalized spacial score (nSPS) is 12.8. The van der Waals surface area contributed by atoms with Crippen molar-refractivity contribution in [2.45, 2.75) is 33.3 Å². The predicted molar refractivity (Wildman–Crippen MR) is 75.2 cm³/mol. The SMILES string of the molecule is C/C=C\C(=C/N=CC(=O)OC)OCC(=O)OC(C)(C)C. The van der Waals surface area contributed by atoms with E-state index < -0.39 is 17.5 Å². The van der Waals surface area contributed by atoms with Crippen LogP contribution in [0.2, 0.25) is 0 Å². The van der Waals surface area contributed by atoms with E-state index in [9.17, 15) is 9.59 Å². The molecule has 0 saturated carbocycles. The number of methoxy groups -OCH3 is 1. The fraction of sp³-hybridized carbons (Fsp3) is 0.500. The van der Waals surface area contributed by atoms with Gasteiger partial charge in [0, 0.05) is 0 Å². The fourth-order valence-corrected chi connectivity index (χ4v) is 1.03. The van der Waals surface area contributed by atoms with Gasteiger partial charge in [0.1, 0.15) is 17.6 Å². The van der Waals surface area contributed by atoms with E-state index in [2.05, 4.69) is 9.73 Å². The van der Waals surface area contributed by atoms with Crippen molar-refractivity contribution in [3.05, 3.63) is 24.1 Å². The molecule has 0 aliphatic carbocycles. The zero-order chi connectivity index (χ0) is 15.6. The monoisotopic (exact) mass is 283 g/mol. The van der Waals surface area contributed by atoms with E-state index in [-0.39, 0.29) is 6.61 Å². The van der Waals surface area contributed by atoms with Crippen LogP contribution in [-0.2, 0) is 23.8 Å². The third-order valence-corrected chi connectivity index (χ3v) is 1.69. The number of esters is 2. The zero-order valence-corrected chi connectivity index (χ0v) is 12.5. The molecule has 0 radical (unpaired) electrons. The van der Waals surface area contributed by atoms with Crippen LogP contribution in [0.25, 0.3) is 0 Å². The lowest BCUT2D eigenvalue weighted by molar-refractivity contribution is -0.158. The Morgan fingerprint density at radius 1 is 1.25 bits per heavy atom. The predicted octanol–water partition coefficient (Wildman–Crippen LogP) is 2.01. The Morgan fingerprint density at radius 3 is 2.40 bits per heavy atom. The molecule has 0 rings (SSSR count). The third kappa shape index (κ3) is 9.87. The number of carbonyl (C=O) groups is 2. The van der Waals surface area contributed by atoms with Gasteiger partial charge in [-0.05, 0) is 33.8 Å². The van der Waals surface area contributed by atoms with Crippen molar-refractivity contribution < 1.29 is 23.8 Å². The van der Waals surface area contributed by atoms with Gasteiger partial charge in [-0.25, -0.2) is 9.59 Å². The van der Waals surface area contributed by atoms with Crippen molar-refractivity contribution in [3.8, 4) is 0 Å². The van der Waals surface area contributed by atoms with Crippen LogP contribution in [0.1, 0.15) is 27.7 Å². The number of carbonyl (C=O) groups excluding carboxylic acids is 2. The fourth-order valence-electron chi connectivity index (χ4n) is 1.03. The van der Waals surface area contributed by atoms with E-state index in [0.29, 0.717) is 5.76 Å². The number of aliphatic imine (C=N–C) groups is 1. The summed E-state index contributed by atoms with van der Waals surface area (Å²) in [7, 11) is 1.25. The van der Waals surface area contributed by atoms with Crippen LogP contribution in [0.5, 0.6) is 0 Å². The first-order valence-electron chi connectivity index (χ1n) is 6.07. The maximum absolute atomic E-state index is 11.5. The van der Waals surface area contributed by atoms with Gasteiger partial charge in [-0.2, -0.15) is 0 Å². The topological polar surface area (TPSA) is 74.2 Å². The summed E-state index contributed by atoms with van der Waals surface area (Å²) in [5.41, 5.74) is -0.562. The maximum atomic E-state index is 11.5. The molecular weight excluding hydrogens is 262 g/mol. The molecule has 0 fully saturated rings. The lowest BCUT2D eigenvalue weighted by Crippen LogP contribution is -2.26. The minimum absolute atomic E-state index is 0.235. The Morgan fingerprint density at radius 2 is 1.90 bits per heavy atom. The Balaban J connectivity index is 4.49. The quantitative estimate of drug-likeness (QED) is 0.322. The molecule has 0 saturated heterocycles. The molecule has 112 valence electrons. The number of ether oxygens (including phenoxy) is 3. The molecule has 0 N–H and O–H groups in total. The first-order valence-corrected chi connectivity index (χ1v) is 6.07. The molecule has 0 aromatic carbocycles. The lowest BCUT2D eigenvalue weighted by atomic mass is 10.2. The molecule has 0 aromatic heterocycles. The van der Waals surface area contributed by atoms with Gasteiger partial charge in [0.05, 0.1) is 13.3 Å². The molecule has 6 heteroatoms. The second-order valence-electron chi connectivity index (χ2n) is 4.71. The molecule has 20 heavy (non-hydrogen) atoms. The van der Waals surface area contributed by atoms with E-state index in [1.54, 1.807) is 39.8 Å². The highest BCUT2D eigenvalue weighted by molar-refractivity contribution is 6.23. The lowest BCUT2D eigenvalue weighted by Gasteiger charge is -2.19. The molecular formula is C14H21NO5. The van der Waals surface area contributed by atoms with Crippen molar-refractivity contribution >= 4 is 18.2 Å². The van der Waals surface area contributed by atoms with E-state index in [4.69, 9.17) is 9.47 Å².